The van der Waals surface area contributed by atoms with E-state index < -0.39 is 15.8 Å². The van der Waals surface area contributed by atoms with E-state index in [0.29, 0.717) is 30.7 Å². The van der Waals surface area contributed by atoms with Crippen LogP contribution >= 0.6 is 15.9 Å². The number of sulfonamides is 1. The van der Waals surface area contributed by atoms with Crippen molar-refractivity contribution in [2.75, 3.05) is 32.7 Å². The van der Waals surface area contributed by atoms with Crippen molar-refractivity contribution < 1.29 is 12.8 Å². The van der Waals surface area contributed by atoms with E-state index in [-0.39, 0.29) is 4.90 Å². The van der Waals surface area contributed by atoms with Crippen LogP contribution in [0.5, 0.6) is 0 Å². The molecule has 7 heteroatoms. The van der Waals surface area contributed by atoms with Crippen LogP contribution in [0.4, 0.5) is 4.39 Å². The Morgan fingerprint density at radius 3 is 2.45 bits per heavy atom. The van der Waals surface area contributed by atoms with E-state index in [4.69, 9.17) is 0 Å². The summed E-state index contributed by atoms with van der Waals surface area (Å²) in [6.07, 6.45) is 1.05. The van der Waals surface area contributed by atoms with Crippen molar-refractivity contribution in [3.05, 3.63) is 28.5 Å². The lowest BCUT2D eigenvalue weighted by Crippen LogP contribution is -2.48. The third-order valence-corrected chi connectivity index (χ3v) is 5.81. The highest BCUT2D eigenvalue weighted by Gasteiger charge is 2.30. The molecule has 0 aliphatic carbocycles. The van der Waals surface area contributed by atoms with Crippen LogP contribution < -0.4 is 0 Å². The summed E-state index contributed by atoms with van der Waals surface area (Å²) < 4.78 is 40.6. The standard InChI is InChI=1S/C13H18BrFN2O2S/c1-2-5-16-6-8-17(9-7-16)20(18,19)13-4-3-11(14)10-12(13)15/h3-4,10H,2,5-9H2,1H3. The molecule has 112 valence electrons. The molecule has 20 heavy (non-hydrogen) atoms. The SMILES string of the molecule is CCCN1CCN(S(=O)(=O)c2ccc(Br)cc2F)CC1. The molecule has 1 aromatic rings. The fourth-order valence-electron chi connectivity index (χ4n) is 2.33. The predicted molar refractivity (Wildman–Crippen MR) is 79.6 cm³/mol. The molecule has 0 amide bonds. The van der Waals surface area contributed by atoms with Gasteiger partial charge in [0.25, 0.3) is 0 Å². The first-order chi connectivity index (χ1) is 9.45. The van der Waals surface area contributed by atoms with Crippen molar-refractivity contribution in [1.82, 2.24) is 9.21 Å². The van der Waals surface area contributed by atoms with Crippen molar-refractivity contribution in [2.24, 2.45) is 0 Å². The molecule has 1 fully saturated rings. The summed E-state index contributed by atoms with van der Waals surface area (Å²) in [7, 11) is -3.74. The fraction of sp³-hybridized carbons (Fsp3) is 0.538. The van der Waals surface area contributed by atoms with Gasteiger partial charge in [0.1, 0.15) is 10.7 Å². The number of nitrogens with zero attached hydrogens (tertiary/aromatic N) is 2. The van der Waals surface area contributed by atoms with Crippen LogP contribution in [0.25, 0.3) is 0 Å². The molecule has 4 nitrogen and oxygen atoms in total. The number of rotatable bonds is 4. The maximum Gasteiger partial charge on any atom is 0.246 e. The summed E-state index contributed by atoms with van der Waals surface area (Å²) >= 11 is 3.13. The van der Waals surface area contributed by atoms with Crippen molar-refractivity contribution in [3.63, 3.8) is 0 Å². The first kappa shape index (κ1) is 15.9. The van der Waals surface area contributed by atoms with Crippen LogP contribution in [0.3, 0.4) is 0 Å². The van der Waals surface area contributed by atoms with Gasteiger partial charge < -0.3 is 4.90 Å². The van der Waals surface area contributed by atoms with Crippen LogP contribution in [0.1, 0.15) is 13.3 Å². The van der Waals surface area contributed by atoms with Gasteiger partial charge in [0.05, 0.1) is 0 Å². The molecule has 1 aliphatic heterocycles. The van der Waals surface area contributed by atoms with E-state index in [1.165, 1.54) is 16.4 Å². The second kappa shape index (κ2) is 6.51. The fourth-order valence-corrected chi connectivity index (χ4v) is 4.13. The lowest BCUT2D eigenvalue weighted by Gasteiger charge is -2.33. The third-order valence-electron chi connectivity index (χ3n) is 3.38. The Labute approximate surface area is 127 Å². The van der Waals surface area contributed by atoms with Gasteiger partial charge >= 0.3 is 0 Å². The highest BCUT2D eigenvalue weighted by atomic mass is 79.9. The molecule has 0 saturated carbocycles. The topological polar surface area (TPSA) is 40.6 Å². The third kappa shape index (κ3) is 3.39. The molecule has 1 aromatic carbocycles. The molecule has 0 spiro atoms. The van der Waals surface area contributed by atoms with E-state index in [0.717, 1.165) is 13.0 Å². The zero-order valence-electron chi connectivity index (χ0n) is 11.3. The second-order valence-electron chi connectivity index (χ2n) is 4.82. The summed E-state index contributed by atoms with van der Waals surface area (Å²) in [5.41, 5.74) is 0. The van der Waals surface area contributed by atoms with Gasteiger partial charge in [0, 0.05) is 30.7 Å². The molecule has 1 aliphatic rings. The number of halogens is 2. The van der Waals surface area contributed by atoms with Crippen molar-refractivity contribution in [1.29, 1.82) is 0 Å². The number of hydrogen-bond acceptors (Lipinski definition) is 3. The Bertz CT molecular complexity index is 572. The smallest absolute Gasteiger partial charge is 0.246 e. The zero-order chi connectivity index (χ0) is 14.8. The molecular formula is C13H18BrFN2O2S. The van der Waals surface area contributed by atoms with Gasteiger partial charge in [-0.2, -0.15) is 4.31 Å². The maximum absolute atomic E-state index is 13.9. The number of benzene rings is 1. The van der Waals surface area contributed by atoms with Crippen LogP contribution in [0.15, 0.2) is 27.6 Å². The van der Waals surface area contributed by atoms with E-state index in [2.05, 4.69) is 27.8 Å². The normalized spacial score (nSPS) is 18.4. The van der Waals surface area contributed by atoms with Gasteiger partial charge in [-0.1, -0.05) is 22.9 Å². The quantitative estimate of drug-likeness (QED) is 0.822. The van der Waals surface area contributed by atoms with Crippen molar-refractivity contribution >= 4 is 26.0 Å². The molecule has 1 saturated heterocycles. The van der Waals surface area contributed by atoms with Gasteiger partial charge in [0.15, 0.2) is 0 Å². The molecular weight excluding hydrogens is 347 g/mol. The molecule has 2 rings (SSSR count). The van der Waals surface area contributed by atoms with Crippen LogP contribution in [0.2, 0.25) is 0 Å². The Morgan fingerprint density at radius 1 is 1.25 bits per heavy atom. The highest BCUT2D eigenvalue weighted by molar-refractivity contribution is 9.10. The average Bonchev–Trinajstić information content (AvgIpc) is 2.39. The predicted octanol–water partition coefficient (Wildman–Crippen LogP) is 2.30. The molecule has 1 heterocycles. The minimum atomic E-state index is -3.74. The number of hydrogen-bond donors (Lipinski definition) is 0. The van der Waals surface area contributed by atoms with E-state index in [1.54, 1.807) is 6.07 Å². The molecule has 0 atom stereocenters. The van der Waals surface area contributed by atoms with E-state index in [9.17, 15) is 12.8 Å². The maximum atomic E-state index is 13.9. The Hall–Kier alpha value is -0.500. The minimum absolute atomic E-state index is 0.246. The molecule has 0 aromatic heterocycles. The first-order valence-corrected chi connectivity index (χ1v) is 8.86. The van der Waals surface area contributed by atoms with Crippen LogP contribution in [0, 0.1) is 5.82 Å². The van der Waals surface area contributed by atoms with Gasteiger partial charge in [-0.3, -0.25) is 0 Å². The molecule has 0 bridgehead atoms. The van der Waals surface area contributed by atoms with Crippen molar-refractivity contribution in [3.8, 4) is 0 Å². The Morgan fingerprint density at radius 2 is 1.90 bits per heavy atom. The van der Waals surface area contributed by atoms with Crippen LogP contribution in [-0.4, -0.2) is 50.3 Å². The van der Waals surface area contributed by atoms with Gasteiger partial charge in [0.2, 0.25) is 10.0 Å². The Kier molecular flexibility index (Phi) is 5.17. The van der Waals surface area contributed by atoms with Gasteiger partial charge in [-0.15, -0.1) is 0 Å². The second-order valence-corrected chi connectivity index (χ2v) is 7.64. The molecule has 0 radical (unpaired) electrons. The summed E-state index contributed by atoms with van der Waals surface area (Å²) in [6, 6.07) is 4.04. The van der Waals surface area contributed by atoms with E-state index >= 15 is 0 Å². The summed E-state index contributed by atoms with van der Waals surface area (Å²) in [5, 5.41) is 0. The lowest BCUT2D eigenvalue weighted by molar-refractivity contribution is 0.188. The van der Waals surface area contributed by atoms with Crippen molar-refractivity contribution in [2.45, 2.75) is 18.2 Å². The van der Waals surface area contributed by atoms with E-state index in [1.807, 2.05) is 0 Å². The summed E-state index contributed by atoms with van der Waals surface area (Å²) in [6.45, 7) is 5.30. The first-order valence-electron chi connectivity index (χ1n) is 6.62. The molecule has 0 N–H and O–H groups in total. The number of piperazine rings is 1. The highest BCUT2D eigenvalue weighted by Crippen LogP contribution is 2.23. The average molecular weight is 365 g/mol. The summed E-state index contributed by atoms with van der Waals surface area (Å²) in [4.78, 5) is 1.98. The van der Waals surface area contributed by atoms with Gasteiger partial charge in [-0.25, -0.2) is 12.8 Å². The molecule has 0 unspecified atom stereocenters. The van der Waals surface area contributed by atoms with Crippen LogP contribution in [-0.2, 0) is 10.0 Å². The minimum Gasteiger partial charge on any atom is -0.301 e. The monoisotopic (exact) mass is 364 g/mol. The Balaban J connectivity index is 2.15. The van der Waals surface area contributed by atoms with Gasteiger partial charge in [-0.05, 0) is 31.2 Å². The largest absolute Gasteiger partial charge is 0.301 e. The lowest BCUT2D eigenvalue weighted by atomic mass is 10.3. The zero-order valence-corrected chi connectivity index (χ0v) is 13.8. The summed E-state index contributed by atoms with van der Waals surface area (Å²) in [5.74, 6) is -0.713.